The number of primary amides is 1. The third kappa shape index (κ3) is 4.53. The van der Waals surface area contributed by atoms with Crippen molar-refractivity contribution in [3.05, 3.63) is 70.9 Å². The maximum atomic E-state index is 11.2. The smallest absolute Gasteiger partial charge is 0.217 e. The molecule has 2 atom stereocenters. The van der Waals surface area contributed by atoms with Gasteiger partial charge in [0.15, 0.2) is 0 Å². The van der Waals surface area contributed by atoms with Crippen molar-refractivity contribution in [2.45, 2.75) is 50.2 Å². The fourth-order valence-electron chi connectivity index (χ4n) is 4.38. The van der Waals surface area contributed by atoms with Gasteiger partial charge < -0.3 is 15.4 Å². The first kappa shape index (κ1) is 20.5. The predicted octanol–water partition coefficient (Wildman–Crippen LogP) is 4.61. The minimum atomic E-state index is -1.02. The molecule has 0 saturated heterocycles. The molecule has 4 nitrogen and oxygen atoms in total. The highest BCUT2D eigenvalue weighted by Crippen LogP contribution is 2.37. The Kier molecular flexibility index (Phi) is 5.85. The van der Waals surface area contributed by atoms with E-state index in [-0.39, 0.29) is 11.9 Å². The first-order valence-electron chi connectivity index (χ1n) is 10.3. The van der Waals surface area contributed by atoms with Gasteiger partial charge in [-0.25, -0.2) is 0 Å². The lowest BCUT2D eigenvalue weighted by Gasteiger charge is -2.34. The number of rotatable bonds is 4. The second-order valence-electron chi connectivity index (χ2n) is 8.08. The number of hydrogen-bond donors (Lipinski definition) is 2. The molecule has 0 aliphatic heterocycles. The third-order valence-electron chi connectivity index (χ3n) is 5.85. The lowest BCUT2D eigenvalue weighted by Crippen LogP contribution is -2.34. The molecule has 0 unspecified atom stereocenters. The van der Waals surface area contributed by atoms with Crippen LogP contribution in [0.2, 0.25) is 5.02 Å². The minimum absolute atomic E-state index is 0.168. The molecule has 0 spiro atoms. The van der Waals surface area contributed by atoms with Crippen LogP contribution in [0.5, 0.6) is 0 Å². The summed E-state index contributed by atoms with van der Waals surface area (Å²) in [6.45, 7) is 0. The minimum Gasteiger partial charge on any atom is -0.378 e. The number of amides is 1. The Labute approximate surface area is 181 Å². The number of carbonyl (C=O) groups excluding carboxylic acids is 1. The van der Waals surface area contributed by atoms with Crippen LogP contribution < -0.4 is 5.73 Å². The van der Waals surface area contributed by atoms with Crippen LogP contribution in [0.25, 0.3) is 10.9 Å². The van der Waals surface area contributed by atoms with Gasteiger partial charge in [-0.3, -0.25) is 4.79 Å². The van der Waals surface area contributed by atoms with Crippen molar-refractivity contribution in [3.8, 4) is 11.8 Å². The van der Waals surface area contributed by atoms with Crippen molar-refractivity contribution in [3.63, 3.8) is 0 Å². The fourth-order valence-corrected chi connectivity index (χ4v) is 4.57. The van der Waals surface area contributed by atoms with E-state index in [1.165, 1.54) is 0 Å². The average molecular weight is 421 g/mol. The zero-order chi connectivity index (χ0) is 21.1. The fraction of sp³-hybridized carbons (Fsp3) is 0.320. The summed E-state index contributed by atoms with van der Waals surface area (Å²) in [6.07, 6.45) is 6.21. The third-order valence-corrected chi connectivity index (χ3v) is 6.09. The van der Waals surface area contributed by atoms with Crippen LogP contribution in [0.4, 0.5) is 0 Å². The maximum Gasteiger partial charge on any atom is 0.217 e. The molecule has 1 aromatic heterocycles. The lowest BCUT2D eigenvalue weighted by molar-refractivity contribution is -0.117. The molecule has 2 aromatic carbocycles. The number of aromatic nitrogens is 1. The molecule has 5 heteroatoms. The molecule has 3 N–H and O–H groups in total. The van der Waals surface area contributed by atoms with E-state index >= 15 is 0 Å². The first-order chi connectivity index (χ1) is 14.4. The normalized spacial score (nSPS) is 21.2. The molecule has 1 amide bonds. The van der Waals surface area contributed by atoms with Gasteiger partial charge in [-0.05, 0) is 61.6 Å². The molecule has 0 bridgehead atoms. The summed E-state index contributed by atoms with van der Waals surface area (Å²) in [7, 11) is 0. The molecule has 1 heterocycles. The molecular weight excluding hydrogens is 396 g/mol. The van der Waals surface area contributed by atoms with Gasteiger partial charge in [0.05, 0.1) is 0 Å². The molecule has 1 aliphatic carbocycles. The summed E-state index contributed by atoms with van der Waals surface area (Å²) in [5, 5.41) is 12.9. The number of fused-ring (bicyclic) bond motifs is 1. The van der Waals surface area contributed by atoms with Crippen molar-refractivity contribution in [1.29, 1.82) is 0 Å². The average Bonchev–Trinajstić information content (AvgIpc) is 3.16. The zero-order valence-electron chi connectivity index (χ0n) is 16.8. The van der Waals surface area contributed by atoms with Crippen LogP contribution in [0.15, 0.2) is 54.7 Å². The summed E-state index contributed by atoms with van der Waals surface area (Å²) in [6, 6.07) is 15.8. The zero-order valence-corrected chi connectivity index (χ0v) is 17.5. The Morgan fingerprint density at radius 1 is 1.27 bits per heavy atom. The van der Waals surface area contributed by atoms with E-state index < -0.39 is 5.60 Å². The quantitative estimate of drug-likeness (QED) is 0.605. The van der Waals surface area contributed by atoms with Gasteiger partial charge in [0, 0.05) is 46.6 Å². The van der Waals surface area contributed by atoms with Gasteiger partial charge >= 0.3 is 0 Å². The second-order valence-corrected chi connectivity index (χ2v) is 8.52. The van der Waals surface area contributed by atoms with Crippen molar-refractivity contribution in [2.24, 2.45) is 5.73 Å². The number of nitrogens with zero attached hydrogens (tertiary/aromatic N) is 1. The van der Waals surface area contributed by atoms with E-state index in [0.717, 1.165) is 34.9 Å². The maximum absolute atomic E-state index is 11.2. The number of nitrogens with two attached hydrogens (primary N) is 1. The molecule has 4 rings (SSSR count). The van der Waals surface area contributed by atoms with E-state index in [0.29, 0.717) is 30.7 Å². The number of aliphatic hydroxyl groups is 1. The van der Waals surface area contributed by atoms with Crippen molar-refractivity contribution >= 4 is 28.4 Å². The number of aryl methyl sites for hydroxylation is 1. The highest BCUT2D eigenvalue weighted by molar-refractivity contribution is 6.30. The second kappa shape index (κ2) is 8.55. The predicted molar refractivity (Wildman–Crippen MR) is 120 cm³/mol. The van der Waals surface area contributed by atoms with Gasteiger partial charge in [0.1, 0.15) is 5.60 Å². The number of halogens is 1. The van der Waals surface area contributed by atoms with Crippen molar-refractivity contribution in [1.82, 2.24) is 4.57 Å². The number of benzene rings is 2. The summed E-state index contributed by atoms with van der Waals surface area (Å²) < 4.78 is 2.24. The highest BCUT2D eigenvalue weighted by Gasteiger charge is 2.34. The Balaban J connectivity index is 1.58. The molecule has 154 valence electrons. The SMILES string of the molecule is NC(=O)CCc1cccc2c1ccn2[C@H]1CCC[C@@](O)(C#Cc2cccc(Cl)c2)C1. The summed E-state index contributed by atoms with van der Waals surface area (Å²) in [5.41, 5.74) is 7.35. The Morgan fingerprint density at radius 3 is 2.90 bits per heavy atom. The number of carbonyl (C=O) groups is 1. The van der Waals surface area contributed by atoms with E-state index in [4.69, 9.17) is 17.3 Å². The van der Waals surface area contributed by atoms with E-state index in [1.807, 2.05) is 36.4 Å². The van der Waals surface area contributed by atoms with Crippen LogP contribution in [-0.2, 0) is 11.2 Å². The van der Waals surface area contributed by atoms with Crippen molar-refractivity contribution in [2.75, 3.05) is 0 Å². The van der Waals surface area contributed by atoms with Gasteiger partial charge in [-0.1, -0.05) is 41.6 Å². The van der Waals surface area contributed by atoms with E-state index in [9.17, 15) is 9.90 Å². The van der Waals surface area contributed by atoms with Crippen LogP contribution in [0.1, 0.15) is 49.3 Å². The standard InChI is InChI=1S/C25H25ClN2O2/c26-20-6-1-4-18(16-20)11-14-25(30)13-3-7-21(17-25)28-15-12-22-19(9-10-24(27)29)5-2-8-23(22)28/h1-2,4-6,8,12,15-16,21,30H,3,7,9-10,13,17H2,(H2,27,29)/t21-,25+/m0/s1. The number of hydrogen-bond acceptors (Lipinski definition) is 2. The Bertz CT molecular complexity index is 1140. The van der Waals surface area contributed by atoms with Crippen LogP contribution in [0.3, 0.4) is 0 Å². The largest absolute Gasteiger partial charge is 0.378 e. The molecule has 1 aliphatic rings. The van der Waals surface area contributed by atoms with Gasteiger partial charge in [0.25, 0.3) is 0 Å². The molecular formula is C25H25ClN2O2. The molecule has 30 heavy (non-hydrogen) atoms. The molecule has 1 fully saturated rings. The monoisotopic (exact) mass is 420 g/mol. The summed E-state index contributed by atoms with van der Waals surface area (Å²) >= 11 is 6.04. The summed E-state index contributed by atoms with van der Waals surface area (Å²) in [4.78, 5) is 11.2. The Hall–Kier alpha value is -2.74. The van der Waals surface area contributed by atoms with Crippen LogP contribution in [0, 0.1) is 11.8 Å². The van der Waals surface area contributed by atoms with Crippen LogP contribution >= 0.6 is 11.6 Å². The van der Waals surface area contributed by atoms with Gasteiger partial charge in [0.2, 0.25) is 5.91 Å². The topological polar surface area (TPSA) is 68.2 Å². The van der Waals surface area contributed by atoms with E-state index in [1.54, 1.807) is 0 Å². The highest BCUT2D eigenvalue weighted by atomic mass is 35.5. The van der Waals surface area contributed by atoms with E-state index in [2.05, 4.69) is 34.7 Å². The molecule has 0 radical (unpaired) electrons. The van der Waals surface area contributed by atoms with Gasteiger partial charge in [-0.2, -0.15) is 0 Å². The lowest BCUT2D eigenvalue weighted by atomic mass is 9.82. The molecule has 3 aromatic rings. The van der Waals surface area contributed by atoms with Gasteiger partial charge in [-0.15, -0.1) is 0 Å². The van der Waals surface area contributed by atoms with Crippen LogP contribution in [-0.4, -0.2) is 21.2 Å². The molecule has 1 saturated carbocycles. The first-order valence-corrected chi connectivity index (χ1v) is 10.7. The summed E-state index contributed by atoms with van der Waals surface area (Å²) in [5.74, 6) is 5.92. The van der Waals surface area contributed by atoms with Crippen molar-refractivity contribution < 1.29 is 9.90 Å². The Morgan fingerprint density at radius 2 is 2.10 bits per heavy atom.